The molecule has 0 saturated heterocycles. The van der Waals surface area contributed by atoms with E-state index in [0.717, 1.165) is 12.8 Å². The first-order valence-corrected chi connectivity index (χ1v) is 4.94. The van der Waals surface area contributed by atoms with Gasteiger partial charge in [-0.15, -0.1) is 0 Å². The third kappa shape index (κ3) is 3.48. The van der Waals surface area contributed by atoms with Crippen molar-refractivity contribution >= 4 is 21.9 Å². The Bertz CT molecular complexity index is 60.0. The van der Waals surface area contributed by atoms with Gasteiger partial charge in [0.1, 0.15) is 0 Å². The largest absolute Gasteiger partial charge is 0.412 e. The van der Waals surface area contributed by atoms with Gasteiger partial charge in [0.15, 0.2) is 0 Å². The summed E-state index contributed by atoms with van der Waals surface area (Å²) in [4.78, 5) is 17.0. The highest BCUT2D eigenvalue weighted by Gasteiger charge is 2.12. The van der Waals surface area contributed by atoms with E-state index in [2.05, 4.69) is 12.6 Å². The van der Waals surface area contributed by atoms with Crippen molar-refractivity contribution in [1.29, 1.82) is 0 Å². The Balaban J connectivity index is 3.17. The molecule has 0 aliphatic carbocycles. The maximum atomic E-state index is 8.57. The van der Waals surface area contributed by atoms with Gasteiger partial charge in [0, 0.05) is 4.87 Å². The fraction of sp³-hybridized carbons (Fsp3) is 1.00. The van der Waals surface area contributed by atoms with Crippen LogP contribution in [0.3, 0.4) is 0 Å². The first-order valence-electron chi connectivity index (χ1n) is 2.72. The molecule has 0 saturated carbocycles. The molecular weight excluding hydrogens is 140 g/mol. The van der Waals surface area contributed by atoms with E-state index in [9.17, 15) is 0 Å². The average molecular weight is 152 g/mol. The molecule has 0 spiro atoms. The fourth-order valence-corrected chi connectivity index (χ4v) is 1.33. The Morgan fingerprint density at radius 3 is 2.25 bits per heavy atom. The second-order valence-corrected chi connectivity index (χ2v) is 4.63. The van der Waals surface area contributed by atoms with Gasteiger partial charge in [-0.05, 0) is 6.42 Å². The number of hydrogen-bond acceptors (Lipinski definition) is 3. The van der Waals surface area contributed by atoms with E-state index in [0.29, 0.717) is 0 Å². The van der Waals surface area contributed by atoms with Crippen molar-refractivity contribution in [2.75, 3.05) is 0 Å². The van der Waals surface area contributed by atoms with Crippen LogP contribution in [0.5, 0.6) is 0 Å². The standard InChI is InChI=1S/C4H12O2SSi/c1-2-3-4(7)8(5)6/h4-8H,2-3H2,1H3. The van der Waals surface area contributed by atoms with Crippen LogP contribution < -0.4 is 0 Å². The second-order valence-electron chi connectivity index (χ2n) is 1.77. The average Bonchev–Trinajstić information content (AvgIpc) is 1.67. The summed E-state index contributed by atoms with van der Waals surface area (Å²) in [6, 6.07) is 0. The first kappa shape index (κ1) is 8.49. The van der Waals surface area contributed by atoms with Crippen molar-refractivity contribution < 1.29 is 9.59 Å². The van der Waals surface area contributed by atoms with Crippen molar-refractivity contribution in [2.45, 2.75) is 24.6 Å². The van der Waals surface area contributed by atoms with Crippen molar-refractivity contribution in [2.24, 2.45) is 0 Å². The Hall–Kier alpha value is 0.487. The molecule has 0 heterocycles. The molecule has 0 rings (SSSR count). The van der Waals surface area contributed by atoms with Crippen LogP contribution in [0, 0.1) is 0 Å². The van der Waals surface area contributed by atoms with Gasteiger partial charge in [0.05, 0.1) is 0 Å². The molecule has 0 aliphatic heterocycles. The Morgan fingerprint density at radius 2 is 2.12 bits per heavy atom. The van der Waals surface area contributed by atoms with Crippen molar-refractivity contribution in [3.05, 3.63) is 0 Å². The summed E-state index contributed by atoms with van der Waals surface area (Å²) in [7, 11) is -2.42. The molecule has 0 radical (unpaired) electrons. The lowest BCUT2D eigenvalue weighted by atomic mass is 10.4. The van der Waals surface area contributed by atoms with Crippen LogP contribution in [0.1, 0.15) is 19.8 Å². The van der Waals surface area contributed by atoms with Gasteiger partial charge >= 0.3 is 9.28 Å². The van der Waals surface area contributed by atoms with Crippen LogP contribution >= 0.6 is 12.6 Å². The van der Waals surface area contributed by atoms with E-state index >= 15 is 0 Å². The predicted octanol–water partition coefficient (Wildman–Crippen LogP) is -0.171. The maximum Gasteiger partial charge on any atom is 0.329 e. The van der Waals surface area contributed by atoms with Gasteiger partial charge < -0.3 is 9.59 Å². The molecule has 8 heavy (non-hydrogen) atoms. The van der Waals surface area contributed by atoms with E-state index in [4.69, 9.17) is 9.59 Å². The highest BCUT2D eigenvalue weighted by Crippen LogP contribution is 2.04. The first-order chi connectivity index (χ1) is 3.68. The number of hydrogen-bond donors (Lipinski definition) is 3. The van der Waals surface area contributed by atoms with E-state index < -0.39 is 9.28 Å². The predicted molar refractivity (Wildman–Crippen MR) is 39.3 cm³/mol. The molecule has 0 aliphatic rings. The van der Waals surface area contributed by atoms with Gasteiger partial charge in [0.25, 0.3) is 0 Å². The van der Waals surface area contributed by atoms with Crippen LogP contribution in [-0.4, -0.2) is 23.7 Å². The van der Waals surface area contributed by atoms with Gasteiger partial charge in [-0.3, -0.25) is 0 Å². The summed E-state index contributed by atoms with van der Waals surface area (Å²) in [6.07, 6.45) is 1.78. The molecule has 1 atom stereocenters. The molecule has 2 nitrogen and oxygen atoms in total. The SMILES string of the molecule is CCCC(S)[SiH](O)O. The van der Waals surface area contributed by atoms with E-state index in [1.807, 2.05) is 6.92 Å². The molecule has 50 valence electrons. The normalized spacial score (nSPS) is 14.6. The number of rotatable bonds is 3. The zero-order valence-corrected chi connectivity index (χ0v) is 6.96. The third-order valence-corrected chi connectivity index (χ3v) is 3.01. The van der Waals surface area contributed by atoms with Crippen LogP contribution in [0.25, 0.3) is 0 Å². The smallest absolute Gasteiger partial charge is 0.329 e. The zero-order chi connectivity index (χ0) is 6.57. The molecule has 0 aromatic carbocycles. The molecule has 0 fully saturated rings. The molecule has 0 aromatic rings. The Labute approximate surface area is 56.8 Å². The highest BCUT2D eigenvalue weighted by atomic mass is 32.1. The molecule has 4 heteroatoms. The maximum absolute atomic E-state index is 8.57. The topological polar surface area (TPSA) is 40.5 Å². The minimum absolute atomic E-state index is 0.139. The van der Waals surface area contributed by atoms with Crippen molar-refractivity contribution in [3.63, 3.8) is 0 Å². The van der Waals surface area contributed by atoms with Crippen molar-refractivity contribution in [3.8, 4) is 0 Å². The Morgan fingerprint density at radius 1 is 1.62 bits per heavy atom. The summed E-state index contributed by atoms with van der Waals surface area (Å²) >= 11 is 3.97. The summed E-state index contributed by atoms with van der Waals surface area (Å²) in [6.45, 7) is 2.00. The minimum Gasteiger partial charge on any atom is -0.412 e. The molecule has 0 amide bonds. The second kappa shape index (κ2) is 4.37. The van der Waals surface area contributed by atoms with Gasteiger partial charge in [-0.1, -0.05) is 13.3 Å². The van der Waals surface area contributed by atoms with Crippen LogP contribution in [-0.2, 0) is 0 Å². The lowest BCUT2D eigenvalue weighted by Crippen LogP contribution is -2.25. The quantitative estimate of drug-likeness (QED) is 0.388. The van der Waals surface area contributed by atoms with Crippen LogP contribution in [0.4, 0.5) is 0 Å². The Kier molecular flexibility index (Phi) is 4.64. The molecular formula is C4H12O2SSi. The summed E-state index contributed by atoms with van der Waals surface area (Å²) in [5.74, 6) is 0. The van der Waals surface area contributed by atoms with Gasteiger partial charge in [-0.25, -0.2) is 0 Å². The number of thiol groups is 1. The molecule has 1 unspecified atom stereocenters. The van der Waals surface area contributed by atoms with Crippen LogP contribution in [0.15, 0.2) is 0 Å². The van der Waals surface area contributed by atoms with Crippen molar-refractivity contribution in [1.82, 2.24) is 0 Å². The van der Waals surface area contributed by atoms with E-state index in [1.165, 1.54) is 0 Å². The van der Waals surface area contributed by atoms with E-state index in [-0.39, 0.29) is 4.87 Å². The van der Waals surface area contributed by atoms with Crippen LogP contribution in [0.2, 0.25) is 0 Å². The molecule has 0 bridgehead atoms. The monoisotopic (exact) mass is 152 g/mol. The third-order valence-electron chi connectivity index (χ3n) is 0.929. The fourth-order valence-electron chi connectivity index (χ4n) is 0.445. The summed E-state index contributed by atoms with van der Waals surface area (Å²) < 4.78 is 0. The molecule has 0 aromatic heterocycles. The van der Waals surface area contributed by atoms with E-state index in [1.54, 1.807) is 0 Å². The van der Waals surface area contributed by atoms with Gasteiger partial charge in [-0.2, -0.15) is 12.6 Å². The minimum atomic E-state index is -2.42. The molecule has 2 N–H and O–H groups in total. The summed E-state index contributed by atoms with van der Waals surface area (Å²) in [5.41, 5.74) is 0. The summed E-state index contributed by atoms with van der Waals surface area (Å²) in [5, 5.41) is 0. The lowest BCUT2D eigenvalue weighted by molar-refractivity contribution is 0.399. The zero-order valence-electron chi connectivity index (χ0n) is 4.91. The van der Waals surface area contributed by atoms with Gasteiger partial charge in [0.2, 0.25) is 0 Å². The highest BCUT2D eigenvalue weighted by molar-refractivity contribution is 7.82. The lowest BCUT2D eigenvalue weighted by Gasteiger charge is -2.06.